The lowest BCUT2D eigenvalue weighted by Gasteiger charge is -2.11. The quantitative estimate of drug-likeness (QED) is 0.689. The second kappa shape index (κ2) is 3.46. The lowest BCUT2D eigenvalue weighted by atomic mass is 10.1. The molecule has 0 saturated heterocycles. The van der Waals surface area contributed by atoms with Crippen molar-refractivity contribution in [1.29, 1.82) is 0 Å². The highest BCUT2D eigenvalue weighted by Gasteiger charge is 2.18. The average Bonchev–Trinajstić information content (AvgIpc) is 2.53. The number of thioether (sulfide) groups is 1. The van der Waals surface area contributed by atoms with E-state index in [1.807, 2.05) is 23.9 Å². The molecule has 1 atom stereocenters. The monoisotopic (exact) mass is 191 g/mol. The second-order valence-electron chi connectivity index (χ2n) is 3.29. The molecule has 1 aliphatic rings. The summed E-state index contributed by atoms with van der Waals surface area (Å²) in [5, 5.41) is 0.543. The minimum Gasteiger partial charge on any atom is -0.398 e. The summed E-state index contributed by atoms with van der Waals surface area (Å²) in [6.07, 6.45) is 3.40. The lowest BCUT2D eigenvalue weighted by molar-refractivity contribution is 0.993. The minimum atomic E-state index is 0.543. The molecule has 2 heteroatoms. The van der Waals surface area contributed by atoms with Crippen LogP contribution in [-0.2, 0) is 0 Å². The van der Waals surface area contributed by atoms with Crippen molar-refractivity contribution in [2.75, 3.05) is 5.73 Å². The van der Waals surface area contributed by atoms with E-state index in [4.69, 9.17) is 5.73 Å². The van der Waals surface area contributed by atoms with Gasteiger partial charge in [-0.3, -0.25) is 0 Å². The van der Waals surface area contributed by atoms with Crippen molar-refractivity contribution in [2.45, 2.75) is 18.6 Å². The molecule has 0 aromatic heterocycles. The first-order chi connectivity index (χ1) is 6.27. The fourth-order valence-corrected chi connectivity index (χ4v) is 2.76. The smallest absolute Gasteiger partial charge is 0.0396 e. The van der Waals surface area contributed by atoms with Gasteiger partial charge in [-0.15, -0.1) is 11.8 Å². The fraction of sp³-hybridized carbons (Fsp3) is 0.273. The molecule has 1 nitrogen and oxygen atoms in total. The van der Waals surface area contributed by atoms with Crippen molar-refractivity contribution in [2.24, 2.45) is 0 Å². The summed E-state index contributed by atoms with van der Waals surface area (Å²) in [4.78, 5) is 1.41. The Morgan fingerprint density at radius 3 is 2.77 bits per heavy atom. The zero-order valence-electron chi connectivity index (χ0n) is 7.66. The van der Waals surface area contributed by atoms with Gasteiger partial charge in [0, 0.05) is 10.9 Å². The molecule has 1 aliphatic heterocycles. The van der Waals surface area contributed by atoms with Crippen molar-refractivity contribution in [3.63, 3.8) is 0 Å². The van der Waals surface area contributed by atoms with Crippen molar-refractivity contribution in [3.05, 3.63) is 40.8 Å². The van der Waals surface area contributed by atoms with Gasteiger partial charge < -0.3 is 5.73 Å². The first-order valence-electron chi connectivity index (χ1n) is 4.45. The maximum atomic E-state index is 5.91. The molecule has 2 N–H and O–H groups in total. The third-order valence-electron chi connectivity index (χ3n) is 2.29. The number of rotatable bonds is 1. The SMILES string of the molecule is CC1=CCC(c2ccccc2N)S1. The van der Waals surface area contributed by atoms with Gasteiger partial charge in [0.05, 0.1) is 0 Å². The third kappa shape index (κ3) is 1.73. The summed E-state index contributed by atoms with van der Waals surface area (Å²) >= 11 is 1.91. The predicted octanol–water partition coefficient (Wildman–Crippen LogP) is 3.35. The summed E-state index contributed by atoms with van der Waals surface area (Å²) in [6, 6.07) is 8.14. The van der Waals surface area contributed by atoms with E-state index in [0.717, 1.165) is 12.1 Å². The molecule has 1 aromatic rings. The largest absolute Gasteiger partial charge is 0.398 e. The molecule has 1 unspecified atom stereocenters. The van der Waals surface area contributed by atoms with Gasteiger partial charge in [-0.2, -0.15) is 0 Å². The Morgan fingerprint density at radius 1 is 1.38 bits per heavy atom. The van der Waals surface area contributed by atoms with E-state index < -0.39 is 0 Å². The molecule has 0 bridgehead atoms. The Balaban J connectivity index is 2.23. The van der Waals surface area contributed by atoms with Crippen LogP contribution < -0.4 is 5.73 Å². The topological polar surface area (TPSA) is 26.0 Å². The average molecular weight is 191 g/mol. The molecule has 0 fully saturated rings. The molecule has 1 heterocycles. The summed E-state index contributed by atoms with van der Waals surface area (Å²) in [5.74, 6) is 0. The van der Waals surface area contributed by atoms with Gasteiger partial charge >= 0.3 is 0 Å². The molecule has 68 valence electrons. The van der Waals surface area contributed by atoms with Gasteiger partial charge in [0.1, 0.15) is 0 Å². The zero-order chi connectivity index (χ0) is 9.26. The Bertz CT molecular complexity index is 344. The molecule has 13 heavy (non-hydrogen) atoms. The highest BCUT2D eigenvalue weighted by molar-refractivity contribution is 8.03. The minimum absolute atomic E-state index is 0.543. The second-order valence-corrected chi connectivity index (χ2v) is 4.73. The zero-order valence-corrected chi connectivity index (χ0v) is 8.47. The number of benzene rings is 1. The van der Waals surface area contributed by atoms with Crippen LogP contribution in [0.15, 0.2) is 35.2 Å². The van der Waals surface area contributed by atoms with Gasteiger partial charge in [0.2, 0.25) is 0 Å². The van der Waals surface area contributed by atoms with E-state index in [1.54, 1.807) is 0 Å². The van der Waals surface area contributed by atoms with Gasteiger partial charge in [-0.05, 0) is 29.9 Å². The summed E-state index contributed by atoms with van der Waals surface area (Å²) in [7, 11) is 0. The maximum Gasteiger partial charge on any atom is 0.0396 e. The highest BCUT2D eigenvalue weighted by atomic mass is 32.2. The summed E-state index contributed by atoms with van der Waals surface area (Å²) < 4.78 is 0. The third-order valence-corrected chi connectivity index (χ3v) is 3.56. The van der Waals surface area contributed by atoms with Crippen molar-refractivity contribution < 1.29 is 0 Å². The molecule has 0 aliphatic carbocycles. The number of hydrogen-bond donors (Lipinski definition) is 1. The van der Waals surface area contributed by atoms with Crippen LogP contribution in [0.1, 0.15) is 24.2 Å². The van der Waals surface area contributed by atoms with Gasteiger partial charge in [-0.25, -0.2) is 0 Å². The van der Waals surface area contributed by atoms with Crippen LogP contribution in [-0.4, -0.2) is 0 Å². The number of nitrogen functional groups attached to an aromatic ring is 1. The molecular weight excluding hydrogens is 178 g/mol. The molecule has 0 radical (unpaired) electrons. The normalized spacial score (nSPS) is 21.6. The number of anilines is 1. The number of allylic oxidation sites excluding steroid dienone is 2. The van der Waals surface area contributed by atoms with Crippen molar-refractivity contribution in [3.8, 4) is 0 Å². The van der Waals surface area contributed by atoms with Crippen LogP contribution in [0.2, 0.25) is 0 Å². The fourth-order valence-electron chi connectivity index (χ4n) is 1.59. The van der Waals surface area contributed by atoms with Gasteiger partial charge in [0.15, 0.2) is 0 Å². The van der Waals surface area contributed by atoms with Crippen LogP contribution >= 0.6 is 11.8 Å². The standard InChI is InChI=1S/C11H13NS/c1-8-6-7-11(13-8)9-4-2-3-5-10(9)12/h2-6,11H,7,12H2,1H3. The molecule has 1 aromatic carbocycles. The van der Waals surface area contributed by atoms with Crippen molar-refractivity contribution in [1.82, 2.24) is 0 Å². The number of nitrogens with two attached hydrogens (primary N) is 1. The molecule has 0 amide bonds. The van der Waals surface area contributed by atoms with E-state index in [2.05, 4.69) is 25.1 Å². The Morgan fingerprint density at radius 2 is 2.15 bits per heavy atom. The first kappa shape index (κ1) is 8.70. The van der Waals surface area contributed by atoms with Gasteiger partial charge in [-0.1, -0.05) is 24.3 Å². The van der Waals surface area contributed by atoms with E-state index in [0.29, 0.717) is 5.25 Å². The summed E-state index contributed by atoms with van der Waals surface area (Å²) in [6.45, 7) is 2.16. The predicted molar refractivity (Wildman–Crippen MR) is 59.6 cm³/mol. The van der Waals surface area contributed by atoms with Gasteiger partial charge in [0.25, 0.3) is 0 Å². The Kier molecular flexibility index (Phi) is 2.32. The summed E-state index contributed by atoms with van der Waals surface area (Å²) in [5.41, 5.74) is 8.11. The first-order valence-corrected chi connectivity index (χ1v) is 5.33. The van der Waals surface area contributed by atoms with E-state index in [1.165, 1.54) is 10.5 Å². The van der Waals surface area contributed by atoms with Crippen LogP contribution in [0.25, 0.3) is 0 Å². The van der Waals surface area contributed by atoms with Crippen LogP contribution in [0.3, 0.4) is 0 Å². The molecule has 0 spiro atoms. The number of hydrogen-bond acceptors (Lipinski definition) is 2. The van der Waals surface area contributed by atoms with E-state index >= 15 is 0 Å². The molecule has 2 rings (SSSR count). The van der Waals surface area contributed by atoms with E-state index in [-0.39, 0.29) is 0 Å². The van der Waals surface area contributed by atoms with E-state index in [9.17, 15) is 0 Å². The van der Waals surface area contributed by atoms with Crippen molar-refractivity contribution >= 4 is 17.4 Å². The molecule has 0 saturated carbocycles. The Labute approximate surface area is 83.0 Å². The maximum absolute atomic E-state index is 5.91. The lowest BCUT2D eigenvalue weighted by Crippen LogP contribution is -1.96. The Hall–Kier alpha value is -0.890. The highest BCUT2D eigenvalue weighted by Crippen LogP contribution is 2.44. The van der Waals surface area contributed by atoms with Crippen LogP contribution in [0, 0.1) is 0 Å². The van der Waals surface area contributed by atoms with Crippen LogP contribution in [0.5, 0.6) is 0 Å². The van der Waals surface area contributed by atoms with Crippen LogP contribution in [0.4, 0.5) is 5.69 Å². The molecular formula is C11H13NS. The number of para-hydroxylation sites is 1.